The Hall–Kier alpha value is -1.30. The van der Waals surface area contributed by atoms with E-state index in [-0.39, 0.29) is 12.4 Å². The predicted molar refractivity (Wildman–Crippen MR) is 94.0 cm³/mol. The summed E-state index contributed by atoms with van der Waals surface area (Å²) in [5.74, 6) is 1.60. The van der Waals surface area contributed by atoms with Crippen molar-refractivity contribution in [3.05, 3.63) is 40.9 Å². The topological polar surface area (TPSA) is 51.4 Å². The molecule has 2 heterocycles. The third-order valence-electron chi connectivity index (χ3n) is 4.10. The van der Waals surface area contributed by atoms with Gasteiger partial charge in [-0.15, -0.1) is 23.7 Å². The summed E-state index contributed by atoms with van der Waals surface area (Å²) in [5, 5.41) is 0.663. The van der Waals surface area contributed by atoms with Crippen LogP contribution in [0.25, 0.3) is 0 Å². The van der Waals surface area contributed by atoms with Gasteiger partial charge in [0, 0.05) is 17.6 Å². The van der Waals surface area contributed by atoms with Crippen LogP contribution < -0.4 is 10.5 Å². The van der Waals surface area contributed by atoms with Crippen molar-refractivity contribution in [2.75, 3.05) is 25.9 Å². The standard InChI is InChI=1S/C16H21N3OS.ClH/c1-20-14-4-2-3-13(9-14)12-5-7-19(8-6-12)11-15-10-18-16(17)21-15;/h2-4,9-10,12H,5-8,11H2,1H3,(H2,17,18);1H. The first kappa shape index (κ1) is 17.1. The van der Waals surface area contributed by atoms with E-state index in [9.17, 15) is 0 Å². The molecule has 0 unspecified atom stereocenters. The van der Waals surface area contributed by atoms with Crippen molar-refractivity contribution < 1.29 is 4.74 Å². The highest BCUT2D eigenvalue weighted by Gasteiger charge is 2.21. The Labute approximate surface area is 141 Å². The Morgan fingerprint density at radius 2 is 2.14 bits per heavy atom. The lowest BCUT2D eigenvalue weighted by atomic mass is 9.89. The number of nitrogen functional groups attached to an aromatic ring is 1. The first-order valence-corrected chi connectivity index (χ1v) is 8.13. The Bertz CT molecular complexity index is 597. The molecule has 0 atom stereocenters. The number of nitrogens with zero attached hydrogens (tertiary/aromatic N) is 2. The Morgan fingerprint density at radius 1 is 1.36 bits per heavy atom. The van der Waals surface area contributed by atoms with E-state index in [0.717, 1.165) is 25.4 Å². The molecule has 1 aromatic carbocycles. The number of methoxy groups -OCH3 is 1. The Kier molecular flexibility index (Phi) is 6.06. The first-order valence-electron chi connectivity index (χ1n) is 7.31. The molecule has 0 amide bonds. The minimum absolute atomic E-state index is 0. The summed E-state index contributed by atoms with van der Waals surface area (Å²) >= 11 is 1.59. The van der Waals surface area contributed by atoms with Crippen LogP contribution in [0.3, 0.4) is 0 Å². The second kappa shape index (κ2) is 7.81. The molecule has 1 aliphatic heterocycles. The molecular weight excluding hydrogens is 318 g/mol. The number of halogens is 1. The molecule has 120 valence electrons. The van der Waals surface area contributed by atoms with Crippen LogP contribution in [0.1, 0.15) is 29.2 Å². The zero-order chi connectivity index (χ0) is 14.7. The van der Waals surface area contributed by atoms with Crippen LogP contribution >= 0.6 is 23.7 Å². The number of thiazole rings is 1. The summed E-state index contributed by atoms with van der Waals surface area (Å²) in [6.07, 6.45) is 4.29. The maximum atomic E-state index is 5.69. The summed E-state index contributed by atoms with van der Waals surface area (Å²) in [4.78, 5) is 7.87. The van der Waals surface area contributed by atoms with Crippen LogP contribution in [0.5, 0.6) is 5.75 Å². The predicted octanol–water partition coefficient (Wildman–Crippen LogP) is 3.54. The van der Waals surface area contributed by atoms with Gasteiger partial charge in [-0.25, -0.2) is 4.98 Å². The van der Waals surface area contributed by atoms with Gasteiger partial charge in [0.15, 0.2) is 5.13 Å². The molecule has 2 N–H and O–H groups in total. The van der Waals surface area contributed by atoms with E-state index >= 15 is 0 Å². The third kappa shape index (κ3) is 4.12. The monoisotopic (exact) mass is 339 g/mol. The summed E-state index contributed by atoms with van der Waals surface area (Å²) in [5.41, 5.74) is 7.09. The second-order valence-electron chi connectivity index (χ2n) is 5.49. The van der Waals surface area contributed by atoms with E-state index in [4.69, 9.17) is 10.5 Å². The lowest BCUT2D eigenvalue weighted by molar-refractivity contribution is 0.206. The van der Waals surface area contributed by atoms with Crippen molar-refractivity contribution >= 4 is 28.9 Å². The van der Waals surface area contributed by atoms with Gasteiger partial charge in [-0.2, -0.15) is 0 Å². The molecule has 0 saturated carbocycles. The van der Waals surface area contributed by atoms with Gasteiger partial charge in [0.05, 0.1) is 7.11 Å². The van der Waals surface area contributed by atoms with Crippen LogP contribution in [0.4, 0.5) is 5.13 Å². The summed E-state index contributed by atoms with van der Waals surface area (Å²) in [6, 6.07) is 8.48. The number of hydrogen-bond acceptors (Lipinski definition) is 5. The molecule has 22 heavy (non-hydrogen) atoms. The molecule has 4 nitrogen and oxygen atoms in total. The molecule has 0 spiro atoms. The smallest absolute Gasteiger partial charge is 0.180 e. The van der Waals surface area contributed by atoms with Crippen molar-refractivity contribution in [1.82, 2.24) is 9.88 Å². The van der Waals surface area contributed by atoms with Crippen LogP contribution in [0.2, 0.25) is 0 Å². The van der Waals surface area contributed by atoms with E-state index in [2.05, 4.69) is 28.1 Å². The van der Waals surface area contributed by atoms with Gasteiger partial charge in [-0.3, -0.25) is 4.90 Å². The summed E-state index contributed by atoms with van der Waals surface area (Å²) in [7, 11) is 1.72. The molecule has 0 radical (unpaired) electrons. The molecule has 0 bridgehead atoms. The molecule has 2 aromatic rings. The molecule has 3 rings (SSSR count). The number of benzene rings is 1. The maximum Gasteiger partial charge on any atom is 0.180 e. The quantitative estimate of drug-likeness (QED) is 0.925. The molecular formula is C16H22ClN3OS. The van der Waals surface area contributed by atoms with Gasteiger partial charge in [0.2, 0.25) is 0 Å². The number of piperidine rings is 1. The highest BCUT2D eigenvalue weighted by Crippen LogP contribution is 2.31. The minimum atomic E-state index is 0. The molecule has 6 heteroatoms. The van der Waals surface area contributed by atoms with Gasteiger partial charge in [0.1, 0.15) is 5.75 Å². The normalized spacial score (nSPS) is 16.2. The number of nitrogens with two attached hydrogens (primary N) is 1. The molecule has 1 fully saturated rings. The lowest BCUT2D eigenvalue weighted by Gasteiger charge is -2.31. The van der Waals surface area contributed by atoms with Gasteiger partial charge in [-0.05, 0) is 49.5 Å². The van der Waals surface area contributed by atoms with Crippen LogP contribution in [0, 0.1) is 0 Å². The number of anilines is 1. The zero-order valence-corrected chi connectivity index (χ0v) is 14.3. The lowest BCUT2D eigenvalue weighted by Crippen LogP contribution is -2.32. The fourth-order valence-electron chi connectivity index (χ4n) is 2.94. The van der Waals surface area contributed by atoms with Crippen molar-refractivity contribution in [1.29, 1.82) is 0 Å². The second-order valence-corrected chi connectivity index (χ2v) is 6.64. The van der Waals surface area contributed by atoms with E-state index < -0.39 is 0 Å². The zero-order valence-electron chi connectivity index (χ0n) is 12.7. The molecule has 1 aliphatic rings. The Balaban J connectivity index is 0.00000176. The number of hydrogen-bond donors (Lipinski definition) is 1. The summed E-state index contributed by atoms with van der Waals surface area (Å²) in [6.45, 7) is 3.22. The molecule has 0 aliphatic carbocycles. The number of likely N-dealkylation sites (tertiary alicyclic amines) is 1. The first-order chi connectivity index (χ1) is 10.2. The van der Waals surface area contributed by atoms with Gasteiger partial charge < -0.3 is 10.5 Å². The number of ether oxygens (including phenoxy) is 1. The fraction of sp³-hybridized carbons (Fsp3) is 0.438. The van der Waals surface area contributed by atoms with Crippen LogP contribution in [-0.4, -0.2) is 30.1 Å². The van der Waals surface area contributed by atoms with Crippen molar-refractivity contribution in [3.8, 4) is 5.75 Å². The number of rotatable bonds is 4. The number of aromatic nitrogens is 1. The summed E-state index contributed by atoms with van der Waals surface area (Å²) < 4.78 is 5.32. The molecule has 1 saturated heterocycles. The average Bonchev–Trinajstić information content (AvgIpc) is 2.93. The van der Waals surface area contributed by atoms with Gasteiger partial charge >= 0.3 is 0 Å². The van der Waals surface area contributed by atoms with E-state index in [1.165, 1.54) is 23.3 Å². The highest BCUT2D eigenvalue weighted by molar-refractivity contribution is 7.15. The third-order valence-corrected chi connectivity index (χ3v) is 4.91. The van der Waals surface area contributed by atoms with Crippen molar-refractivity contribution in [2.45, 2.75) is 25.3 Å². The molecule has 1 aromatic heterocycles. The van der Waals surface area contributed by atoms with Crippen LogP contribution in [-0.2, 0) is 6.54 Å². The van der Waals surface area contributed by atoms with E-state index in [0.29, 0.717) is 11.0 Å². The van der Waals surface area contributed by atoms with Gasteiger partial charge in [0.25, 0.3) is 0 Å². The van der Waals surface area contributed by atoms with Crippen molar-refractivity contribution in [3.63, 3.8) is 0 Å². The van der Waals surface area contributed by atoms with E-state index in [1.807, 2.05) is 12.3 Å². The largest absolute Gasteiger partial charge is 0.497 e. The van der Waals surface area contributed by atoms with Crippen molar-refractivity contribution in [2.24, 2.45) is 0 Å². The van der Waals surface area contributed by atoms with E-state index in [1.54, 1.807) is 18.4 Å². The van der Waals surface area contributed by atoms with Gasteiger partial charge in [-0.1, -0.05) is 12.1 Å². The highest BCUT2D eigenvalue weighted by atomic mass is 35.5. The van der Waals surface area contributed by atoms with Crippen LogP contribution in [0.15, 0.2) is 30.5 Å². The maximum absolute atomic E-state index is 5.69. The SMILES string of the molecule is COc1cccc(C2CCN(Cc3cnc(N)s3)CC2)c1.Cl. The fourth-order valence-corrected chi connectivity index (χ4v) is 3.66. The minimum Gasteiger partial charge on any atom is -0.497 e. The average molecular weight is 340 g/mol. The Morgan fingerprint density at radius 3 is 2.77 bits per heavy atom.